The Kier molecular flexibility index (Phi) is 18.3. The van der Waals surface area contributed by atoms with Crippen LogP contribution in [0.3, 0.4) is 0 Å². The number of ether oxygens (including phenoxy) is 1. The van der Waals surface area contributed by atoms with Gasteiger partial charge < -0.3 is 4.74 Å². The Morgan fingerprint density at radius 3 is 0.827 bits per heavy atom. The Balaban J connectivity index is 5.13. The fraction of sp³-hybridized carbons (Fsp3) is 1.00. The second-order valence-electron chi connectivity index (χ2n) is 12.5. The largest absolute Gasteiger partial charge is 0.460 e. The van der Waals surface area contributed by atoms with Crippen LogP contribution < -0.4 is 0 Å². The maximum Gasteiger partial charge on any atom is 0.460 e. The molecule has 0 saturated heterocycles. The highest BCUT2D eigenvalue weighted by atomic mass is 19.4. The van der Waals surface area contributed by atoms with E-state index in [2.05, 4.69) is 11.7 Å². The highest BCUT2D eigenvalue weighted by Crippen LogP contribution is 2.66. The average Bonchev–Trinajstić information content (AvgIpc) is 3.00. The first-order valence-corrected chi connectivity index (χ1v) is 16.4. The normalized spacial score (nSPS) is 15.1. The number of rotatable bonds is 28. The van der Waals surface area contributed by atoms with E-state index < -0.39 is 79.1 Å². The van der Waals surface area contributed by atoms with Gasteiger partial charge in [-0.05, 0) is 6.42 Å². The number of unbranched alkanes of at least 4 members (excludes halogenated alkanes) is 15. The van der Waals surface area contributed by atoms with Crippen molar-refractivity contribution in [3.05, 3.63) is 0 Å². The van der Waals surface area contributed by atoms with Gasteiger partial charge >= 0.3 is 59.5 Å². The van der Waals surface area contributed by atoms with Crippen molar-refractivity contribution in [1.29, 1.82) is 0 Å². The van der Waals surface area contributed by atoms with Crippen LogP contribution in [0.4, 0.5) is 92.2 Å². The molecule has 22 heteroatoms. The van der Waals surface area contributed by atoms with E-state index in [0.717, 1.165) is 44.9 Å². The third-order valence-electron chi connectivity index (χ3n) is 8.28. The average molecular weight is 817 g/mol. The highest BCUT2D eigenvalue weighted by molar-refractivity contribution is 5.17. The van der Waals surface area contributed by atoms with Crippen molar-refractivity contribution in [3.8, 4) is 0 Å². The van der Waals surface area contributed by atoms with E-state index in [1.165, 1.54) is 38.5 Å². The van der Waals surface area contributed by atoms with Gasteiger partial charge in [-0.25, -0.2) is 0 Å². The van der Waals surface area contributed by atoms with E-state index >= 15 is 0 Å². The van der Waals surface area contributed by atoms with Gasteiger partial charge in [0.1, 0.15) is 0 Å². The summed E-state index contributed by atoms with van der Waals surface area (Å²) < 4.78 is 287. The Labute approximate surface area is 286 Å². The zero-order chi connectivity index (χ0) is 41.1. The molecule has 0 aromatic heterocycles. The van der Waals surface area contributed by atoms with Crippen molar-refractivity contribution < 1.29 is 96.9 Å². The summed E-state index contributed by atoms with van der Waals surface area (Å²) in [6.07, 6.45) is 4.41. The molecule has 0 N–H and O–H groups in total. The summed E-state index contributed by atoms with van der Waals surface area (Å²) in [4.78, 5) is 0. The lowest BCUT2D eigenvalue weighted by Crippen LogP contribution is -2.76. The fourth-order valence-electron chi connectivity index (χ4n) is 4.80. The Bertz CT molecular complexity index is 1020. The molecule has 0 spiro atoms. The van der Waals surface area contributed by atoms with E-state index in [-0.39, 0.29) is 6.42 Å². The van der Waals surface area contributed by atoms with Crippen LogP contribution in [-0.2, 0) is 4.74 Å². The summed E-state index contributed by atoms with van der Waals surface area (Å²) in [5.74, 6) is -76.7. The van der Waals surface area contributed by atoms with Crippen molar-refractivity contribution in [2.45, 2.75) is 176 Å². The highest BCUT2D eigenvalue weighted by Gasteiger charge is 2.97. The summed E-state index contributed by atoms with van der Waals surface area (Å²) in [6, 6.07) is 0. The molecule has 0 aliphatic rings. The van der Waals surface area contributed by atoms with Gasteiger partial charge in [0.2, 0.25) is 0 Å². The maximum atomic E-state index is 14.0. The first kappa shape index (κ1) is 50.5. The Morgan fingerprint density at radius 1 is 0.288 bits per heavy atom. The van der Waals surface area contributed by atoms with E-state index in [1.807, 2.05) is 0 Å². The third-order valence-corrected chi connectivity index (χ3v) is 8.28. The minimum atomic E-state index is -9.16. The molecular weight excluding hydrogens is 775 g/mol. The first-order chi connectivity index (χ1) is 23.3. The van der Waals surface area contributed by atoms with Gasteiger partial charge in [-0.1, -0.05) is 103 Å². The van der Waals surface area contributed by atoms with Crippen LogP contribution >= 0.6 is 0 Å². The molecule has 314 valence electrons. The van der Waals surface area contributed by atoms with Crippen molar-refractivity contribution in [1.82, 2.24) is 0 Å². The SMILES string of the molecule is CCCCCCCCCCCCCCCCCCOCCC(F)(F)C(F)(F)C(F)(F)C(F)(F)C(F)(F)C(F)(F)C(F)(F)C(F)(F)C(F)(F)C(F)(F)F. The summed E-state index contributed by atoms with van der Waals surface area (Å²) in [6.45, 7) is -0.0644. The molecule has 0 aromatic carbocycles. The van der Waals surface area contributed by atoms with Gasteiger partial charge in [0.15, 0.2) is 0 Å². The second-order valence-corrected chi connectivity index (χ2v) is 12.5. The molecule has 0 unspecified atom stereocenters. The summed E-state index contributed by atoms with van der Waals surface area (Å²) in [5, 5.41) is 0. The van der Waals surface area contributed by atoms with E-state index in [1.54, 1.807) is 0 Å². The molecule has 0 rings (SSSR count). The predicted octanol–water partition coefficient (Wildman–Crippen LogP) is 13.9. The molecule has 1 nitrogen and oxygen atoms in total. The molecule has 0 bridgehead atoms. The minimum absolute atomic E-state index is 0.0714. The molecule has 0 heterocycles. The monoisotopic (exact) mass is 816 g/mol. The van der Waals surface area contributed by atoms with Gasteiger partial charge in [0.05, 0.1) is 6.61 Å². The topological polar surface area (TPSA) is 9.23 Å². The lowest BCUT2D eigenvalue weighted by molar-refractivity contribution is -0.474. The van der Waals surface area contributed by atoms with Gasteiger partial charge in [-0.15, -0.1) is 0 Å². The Hall–Kier alpha value is -1.51. The molecule has 0 atom stereocenters. The lowest BCUT2D eigenvalue weighted by Gasteiger charge is -2.44. The number of hydrogen-bond donors (Lipinski definition) is 0. The number of alkyl halides is 21. The van der Waals surface area contributed by atoms with Crippen molar-refractivity contribution in [3.63, 3.8) is 0 Å². The standard InChI is InChI=1S/C30H41F21O/c1-2-3-4-5-6-7-8-9-10-11-12-13-14-15-16-17-19-52-20-18-21(31,32)22(33,34)23(35,36)24(37,38)25(39,40)26(41,42)27(43,44)28(45,46)29(47,48)30(49,50)51/h2-20H2,1H3. The van der Waals surface area contributed by atoms with Crippen molar-refractivity contribution in [2.75, 3.05) is 13.2 Å². The zero-order valence-electron chi connectivity index (χ0n) is 27.8. The first-order valence-electron chi connectivity index (χ1n) is 16.4. The zero-order valence-corrected chi connectivity index (χ0v) is 27.8. The third kappa shape index (κ3) is 10.6. The van der Waals surface area contributed by atoms with Crippen molar-refractivity contribution in [2.24, 2.45) is 0 Å². The quantitative estimate of drug-likeness (QED) is 0.0565. The molecule has 0 amide bonds. The van der Waals surface area contributed by atoms with E-state index in [4.69, 9.17) is 0 Å². The summed E-state index contributed by atoms with van der Waals surface area (Å²) in [5.41, 5.74) is 0. The number of halogens is 21. The molecule has 0 fully saturated rings. The van der Waals surface area contributed by atoms with Crippen LogP contribution in [0, 0.1) is 0 Å². The fourth-order valence-corrected chi connectivity index (χ4v) is 4.80. The molecule has 0 radical (unpaired) electrons. The smallest absolute Gasteiger partial charge is 0.381 e. The molecular formula is C30H41F21O. The molecule has 0 aliphatic heterocycles. The van der Waals surface area contributed by atoms with Crippen molar-refractivity contribution >= 4 is 0 Å². The molecule has 52 heavy (non-hydrogen) atoms. The van der Waals surface area contributed by atoms with E-state index in [0.29, 0.717) is 12.8 Å². The lowest BCUT2D eigenvalue weighted by atomic mass is 9.86. The van der Waals surface area contributed by atoms with Gasteiger partial charge in [-0.2, -0.15) is 92.2 Å². The second kappa shape index (κ2) is 18.9. The van der Waals surface area contributed by atoms with Crippen LogP contribution in [-0.4, -0.2) is 72.7 Å². The number of hydrogen-bond acceptors (Lipinski definition) is 1. The van der Waals surface area contributed by atoms with Crippen LogP contribution in [0.2, 0.25) is 0 Å². The van der Waals surface area contributed by atoms with Gasteiger partial charge in [-0.3, -0.25) is 0 Å². The Morgan fingerprint density at radius 2 is 0.538 bits per heavy atom. The van der Waals surface area contributed by atoms with Crippen LogP contribution in [0.15, 0.2) is 0 Å². The van der Waals surface area contributed by atoms with Crippen LogP contribution in [0.25, 0.3) is 0 Å². The predicted molar refractivity (Wildman–Crippen MR) is 146 cm³/mol. The summed E-state index contributed by atoms with van der Waals surface area (Å²) >= 11 is 0. The van der Waals surface area contributed by atoms with E-state index in [9.17, 15) is 92.2 Å². The minimum Gasteiger partial charge on any atom is -0.381 e. The molecule has 0 aromatic rings. The molecule has 0 saturated carbocycles. The van der Waals surface area contributed by atoms with Gasteiger partial charge in [0.25, 0.3) is 0 Å². The summed E-state index contributed by atoms with van der Waals surface area (Å²) in [7, 11) is 0. The molecule has 0 aliphatic carbocycles. The maximum absolute atomic E-state index is 14.0. The van der Waals surface area contributed by atoms with Crippen LogP contribution in [0.5, 0.6) is 0 Å². The van der Waals surface area contributed by atoms with Crippen LogP contribution in [0.1, 0.15) is 116 Å². The van der Waals surface area contributed by atoms with Gasteiger partial charge in [0, 0.05) is 13.0 Å².